The molecule has 0 aliphatic carbocycles. The zero-order chi connectivity index (χ0) is 18.9. The van der Waals surface area contributed by atoms with Gasteiger partial charge >= 0.3 is 0 Å². The molecule has 2 rings (SSSR count). The van der Waals surface area contributed by atoms with Crippen LogP contribution in [0.3, 0.4) is 0 Å². The molecule has 1 N–H and O–H groups in total. The maximum absolute atomic E-state index is 12.2. The van der Waals surface area contributed by atoms with Crippen LogP contribution in [0.25, 0.3) is 0 Å². The van der Waals surface area contributed by atoms with Gasteiger partial charge in [-0.15, -0.1) is 0 Å². The third kappa shape index (κ3) is 6.67. The van der Waals surface area contributed by atoms with Gasteiger partial charge in [0.05, 0.1) is 18.8 Å². The highest BCUT2D eigenvalue weighted by Gasteiger charge is 2.25. The van der Waals surface area contributed by atoms with Gasteiger partial charge in [-0.3, -0.25) is 9.59 Å². The number of rotatable bonds is 8. The largest absolute Gasteiger partial charge is 0.494 e. The van der Waals surface area contributed by atoms with Crippen molar-refractivity contribution < 1.29 is 19.1 Å². The van der Waals surface area contributed by atoms with Crippen LogP contribution in [0.5, 0.6) is 5.75 Å². The molecule has 2 unspecified atom stereocenters. The third-order valence-electron chi connectivity index (χ3n) is 4.31. The van der Waals surface area contributed by atoms with Gasteiger partial charge in [0.25, 0.3) is 0 Å². The molecule has 1 heterocycles. The van der Waals surface area contributed by atoms with Crippen LogP contribution < -0.4 is 10.1 Å². The number of morpholine rings is 1. The minimum Gasteiger partial charge on any atom is -0.494 e. The van der Waals surface area contributed by atoms with E-state index >= 15 is 0 Å². The van der Waals surface area contributed by atoms with Gasteiger partial charge in [-0.2, -0.15) is 0 Å². The summed E-state index contributed by atoms with van der Waals surface area (Å²) < 4.78 is 11.0. The summed E-state index contributed by atoms with van der Waals surface area (Å²) in [7, 11) is 0. The monoisotopic (exact) mass is 362 g/mol. The summed E-state index contributed by atoms with van der Waals surface area (Å²) in [6, 6.07) is 7.78. The van der Waals surface area contributed by atoms with Gasteiger partial charge in [0.1, 0.15) is 5.75 Å². The van der Waals surface area contributed by atoms with E-state index in [2.05, 4.69) is 5.32 Å². The van der Waals surface area contributed by atoms with Crippen LogP contribution in [0.2, 0.25) is 0 Å². The van der Waals surface area contributed by atoms with Gasteiger partial charge in [-0.05, 0) is 44.9 Å². The predicted molar refractivity (Wildman–Crippen MR) is 100 cm³/mol. The summed E-state index contributed by atoms with van der Waals surface area (Å²) in [5.74, 6) is 0.875. The number of carbonyl (C=O) groups excluding carboxylic acids is 2. The SMILES string of the molecule is CCOc1ccc(CCC(=O)NCCC(=O)N2CC(C)OC(C)C2)cc1. The number of carbonyl (C=O) groups is 2. The van der Waals surface area contributed by atoms with E-state index in [9.17, 15) is 9.59 Å². The van der Waals surface area contributed by atoms with Crippen molar-refractivity contribution in [3.05, 3.63) is 29.8 Å². The van der Waals surface area contributed by atoms with Crippen LogP contribution in [0, 0.1) is 0 Å². The molecule has 0 saturated carbocycles. The average molecular weight is 362 g/mol. The van der Waals surface area contributed by atoms with Gasteiger partial charge in [-0.25, -0.2) is 0 Å². The van der Waals surface area contributed by atoms with E-state index in [-0.39, 0.29) is 24.0 Å². The van der Waals surface area contributed by atoms with E-state index in [1.54, 1.807) is 0 Å². The van der Waals surface area contributed by atoms with Gasteiger partial charge in [0.2, 0.25) is 11.8 Å². The number of hydrogen-bond donors (Lipinski definition) is 1. The number of benzene rings is 1. The van der Waals surface area contributed by atoms with E-state index in [0.29, 0.717) is 45.5 Å². The lowest BCUT2D eigenvalue weighted by molar-refractivity contribution is -0.143. The first-order valence-electron chi connectivity index (χ1n) is 9.39. The first kappa shape index (κ1) is 20.2. The van der Waals surface area contributed by atoms with Crippen LogP contribution in [-0.4, -0.2) is 55.2 Å². The average Bonchev–Trinajstić information content (AvgIpc) is 2.60. The molecule has 1 saturated heterocycles. The Balaban J connectivity index is 1.64. The Kier molecular flexibility index (Phi) is 7.91. The molecule has 2 amide bonds. The summed E-state index contributed by atoms with van der Waals surface area (Å²) >= 11 is 0. The standard InChI is InChI=1S/C20H30N2O4/c1-4-25-18-8-5-17(6-9-18)7-10-19(23)21-12-11-20(24)22-13-15(2)26-16(3)14-22/h5-6,8-9,15-16H,4,7,10-14H2,1-3H3,(H,21,23). The minimum atomic E-state index is -0.0320. The summed E-state index contributed by atoms with van der Waals surface area (Å²) in [6.07, 6.45) is 1.53. The molecular weight excluding hydrogens is 332 g/mol. The third-order valence-corrected chi connectivity index (χ3v) is 4.31. The number of nitrogens with zero attached hydrogens (tertiary/aromatic N) is 1. The first-order valence-corrected chi connectivity index (χ1v) is 9.39. The fourth-order valence-corrected chi connectivity index (χ4v) is 3.11. The van der Waals surface area contributed by atoms with Crippen molar-refractivity contribution >= 4 is 11.8 Å². The Morgan fingerprint density at radius 3 is 2.42 bits per heavy atom. The van der Waals surface area contributed by atoms with Crippen LogP contribution in [-0.2, 0) is 20.7 Å². The molecule has 1 aromatic rings. The second kappa shape index (κ2) is 10.2. The van der Waals surface area contributed by atoms with Crippen LogP contribution in [0.1, 0.15) is 39.2 Å². The maximum atomic E-state index is 12.2. The van der Waals surface area contributed by atoms with Gasteiger partial charge in [-0.1, -0.05) is 12.1 Å². The lowest BCUT2D eigenvalue weighted by Gasteiger charge is -2.35. The normalized spacial score (nSPS) is 19.9. The second-order valence-electron chi connectivity index (χ2n) is 6.73. The predicted octanol–water partition coefficient (Wildman–Crippen LogP) is 2.16. The Bertz CT molecular complexity index is 578. The van der Waals surface area contributed by atoms with Crippen molar-refractivity contribution in [1.29, 1.82) is 0 Å². The zero-order valence-corrected chi connectivity index (χ0v) is 16.0. The van der Waals surface area contributed by atoms with Gasteiger partial charge < -0.3 is 19.7 Å². The molecule has 0 radical (unpaired) electrons. The summed E-state index contributed by atoms with van der Waals surface area (Å²) in [6.45, 7) is 8.15. The summed E-state index contributed by atoms with van der Waals surface area (Å²) in [4.78, 5) is 26.0. The lowest BCUT2D eigenvalue weighted by atomic mass is 10.1. The van der Waals surface area contributed by atoms with E-state index in [4.69, 9.17) is 9.47 Å². The molecule has 0 spiro atoms. The Labute approximate surface area is 155 Å². The van der Waals surface area contributed by atoms with Crippen molar-refractivity contribution in [2.75, 3.05) is 26.2 Å². The molecular formula is C20H30N2O4. The minimum absolute atomic E-state index is 0.0320. The fraction of sp³-hybridized carbons (Fsp3) is 0.600. The van der Waals surface area contributed by atoms with Crippen LogP contribution in [0.4, 0.5) is 0 Å². The van der Waals surface area contributed by atoms with E-state index in [0.717, 1.165) is 11.3 Å². The number of ether oxygens (including phenoxy) is 2. The Morgan fingerprint density at radius 1 is 1.15 bits per heavy atom. The zero-order valence-electron chi connectivity index (χ0n) is 16.0. The van der Waals surface area contributed by atoms with E-state index in [1.165, 1.54) is 0 Å². The molecule has 1 aliphatic rings. The molecule has 1 fully saturated rings. The molecule has 26 heavy (non-hydrogen) atoms. The van der Waals surface area contributed by atoms with Crippen molar-refractivity contribution in [2.45, 2.75) is 52.2 Å². The Morgan fingerprint density at radius 2 is 1.81 bits per heavy atom. The highest BCUT2D eigenvalue weighted by molar-refractivity contribution is 5.79. The molecule has 1 aromatic carbocycles. The fourth-order valence-electron chi connectivity index (χ4n) is 3.11. The first-order chi connectivity index (χ1) is 12.5. The van der Waals surface area contributed by atoms with E-state index in [1.807, 2.05) is 49.9 Å². The number of nitrogens with one attached hydrogen (secondary N) is 1. The molecule has 2 atom stereocenters. The lowest BCUT2D eigenvalue weighted by Crippen LogP contribution is -2.48. The van der Waals surface area contributed by atoms with Gasteiger partial charge in [0.15, 0.2) is 0 Å². The van der Waals surface area contributed by atoms with Crippen molar-refractivity contribution in [1.82, 2.24) is 10.2 Å². The highest BCUT2D eigenvalue weighted by Crippen LogP contribution is 2.13. The molecule has 0 bridgehead atoms. The quantitative estimate of drug-likeness (QED) is 0.769. The topological polar surface area (TPSA) is 67.9 Å². The molecule has 1 aliphatic heterocycles. The maximum Gasteiger partial charge on any atom is 0.224 e. The second-order valence-corrected chi connectivity index (χ2v) is 6.73. The molecule has 6 heteroatoms. The van der Waals surface area contributed by atoms with Crippen molar-refractivity contribution in [2.24, 2.45) is 0 Å². The molecule has 144 valence electrons. The van der Waals surface area contributed by atoms with Gasteiger partial charge in [0, 0.05) is 32.5 Å². The number of aryl methyl sites for hydroxylation is 1. The molecule has 6 nitrogen and oxygen atoms in total. The van der Waals surface area contributed by atoms with Crippen molar-refractivity contribution in [3.8, 4) is 5.75 Å². The van der Waals surface area contributed by atoms with Crippen LogP contribution in [0.15, 0.2) is 24.3 Å². The number of hydrogen-bond acceptors (Lipinski definition) is 4. The van der Waals surface area contributed by atoms with E-state index < -0.39 is 0 Å². The van der Waals surface area contributed by atoms with Crippen LogP contribution >= 0.6 is 0 Å². The summed E-state index contributed by atoms with van der Waals surface area (Å²) in [5, 5.41) is 2.83. The molecule has 0 aromatic heterocycles. The Hall–Kier alpha value is -2.08. The summed E-state index contributed by atoms with van der Waals surface area (Å²) in [5.41, 5.74) is 1.09. The highest BCUT2D eigenvalue weighted by atomic mass is 16.5. The number of amides is 2. The van der Waals surface area contributed by atoms with Crippen molar-refractivity contribution in [3.63, 3.8) is 0 Å². The smallest absolute Gasteiger partial charge is 0.224 e.